The number of hydrogen-bond donors (Lipinski definition) is 3. The van der Waals surface area contributed by atoms with Crippen LogP contribution in [0, 0.1) is 44.6 Å². The summed E-state index contributed by atoms with van der Waals surface area (Å²) < 4.78 is 13.3. The summed E-state index contributed by atoms with van der Waals surface area (Å²) in [6.45, 7) is 13.3. The number of ketones is 1. The Balaban J connectivity index is 1.46. The Morgan fingerprint density at radius 3 is 2.45 bits per heavy atom. The van der Waals surface area contributed by atoms with Gasteiger partial charge in [-0.3, -0.25) is 9.59 Å². The molecule has 0 aromatic rings. The van der Waals surface area contributed by atoms with Gasteiger partial charge in [0.25, 0.3) is 5.96 Å². The molecule has 0 spiro atoms. The van der Waals surface area contributed by atoms with Gasteiger partial charge in [-0.2, -0.15) is 0 Å². The predicted molar refractivity (Wildman–Crippen MR) is 162 cm³/mol. The van der Waals surface area contributed by atoms with Crippen LogP contribution in [0.25, 0.3) is 0 Å². The lowest BCUT2D eigenvalue weighted by Gasteiger charge is -2.64. The van der Waals surface area contributed by atoms with Gasteiger partial charge in [0.1, 0.15) is 5.78 Å². The summed E-state index contributed by atoms with van der Waals surface area (Å²) in [7, 11) is -0.536. The molecule has 1 saturated heterocycles. The van der Waals surface area contributed by atoms with E-state index in [2.05, 4.69) is 44.9 Å². The molecule has 5 aliphatic rings. The van der Waals surface area contributed by atoms with E-state index in [1.165, 1.54) is 0 Å². The first-order valence-electron chi connectivity index (χ1n) is 16.0. The van der Waals surface area contributed by atoms with Crippen LogP contribution >= 0.6 is 0 Å². The standard InChI is InChI=1S/C30H52BN5O6/c1-19(2)15-25(31-41-24-18-21-17-22(28(21,3)4)30(24,6)42-31)34-26(38)20(11-10-14-33-27(32)35-36(39)40)16-23(37)29(5)12-8-7-9-13-29/h19-22,24-25H,7-18H2,1-6H3,(H,34,38)(H3,32,33,35)/t20-,21-,22-,24-,25+,30+/m1/s1. The maximum absolute atomic E-state index is 13.9. The molecule has 5 rings (SSSR count). The average Bonchev–Trinajstić information content (AvgIpc) is 3.26. The van der Waals surface area contributed by atoms with Crippen LogP contribution in [0.15, 0.2) is 4.99 Å². The minimum Gasteiger partial charge on any atom is -0.404 e. The summed E-state index contributed by atoms with van der Waals surface area (Å²) in [5, 5.41) is 13.1. The molecule has 1 heterocycles. The first-order valence-corrected chi connectivity index (χ1v) is 16.0. The van der Waals surface area contributed by atoms with Gasteiger partial charge in [0.2, 0.25) is 5.91 Å². The van der Waals surface area contributed by atoms with E-state index >= 15 is 0 Å². The highest BCUT2D eigenvalue weighted by atomic mass is 16.7. The van der Waals surface area contributed by atoms with Gasteiger partial charge in [-0.1, -0.05) is 59.3 Å². The number of carbonyl (C=O) groups is 2. The second-order valence-electron chi connectivity index (χ2n) is 14.8. The van der Waals surface area contributed by atoms with E-state index in [1.54, 1.807) is 0 Å². The fraction of sp³-hybridized carbons (Fsp3) is 0.900. The molecule has 0 aromatic heterocycles. The number of guanidine groups is 1. The van der Waals surface area contributed by atoms with Gasteiger partial charge in [0.15, 0.2) is 5.03 Å². The van der Waals surface area contributed by atoms with Crippen LogP contribution in [-0.2, 0) is 18.9 Å². The van der Waals surface area contributed by atoms with Crippen molar-refractivity contribution in [2.24, 2.45) is 45.2 Å². The highest BCUT2D eigenvalue weighted by Crippen LogP contribution is 2.65. The Morgan fingerprint density at radius 2 is 1.83 bits per heavy atom. The Labute approximate surface area is 251 Å². The van der Waals surface area contributed by atoms with E-state index in [9.17, 15) is 19.7 Å². The molecular weight excluding hydrogens is 537 g/mol. The zero-order valence-electron chi connectivity index (χ0n) is 26.4. The van der Waals surface area contributed by atoms with Crippen molar-refractivity contribution < 1.29 is 23.9 Å². The number of Topliss-reactive ketones (excluding diaryl/α,β-unsaturated/α-hetero) is 1. The van der Waals surface area contributed by atoms with Gasteiger partial charge in [-0.05, 0) is 75.0 Å². The molecule has 0 unspecified atom stereocenters. The zero-order valence-corrected chi connectivity index (χ0v) is 26.4. The fourth-order valence-corrected chi connectivity index (χ4v) is 8.19. The molecule has 1 amide bonds. The van der Waals surface area contributed by atoms with Crippen LogP contribution in [0.5, 0.6) is 0 Å². The van der Waals surface area contributed by atoms with Gasteiger partial charge in [-0.15, -0.1) is 0 Å². The summed E-state index contributed by atoms with van der Waals surface area (Å²) in [5.41, 5.74) is 6.84. The lowest BCUT2D eigenvalue weighted by molar-refractivity contribution is -0.525. The minimum atomic E-state index is -0.762. The SMILES string of the molecule is CC(C)C[C@H](NC(=O)[C@H](CCCN=C(N)N[N+](=O)[O-])CC(=O)C1(C)CCCCC1)B1O[C@@H]2C[C@H]3C[C@H](C3(C)C)[C@]2(C)O1. The van der Waals surface area contributed by atoms with Crippen molar-refractivity contribution in [1.29, 1.82) is 0 Å². The van der Waals surface area contributed by atoms with E-state index < -0.39 is 23.5 Å². The molecule has 12 heteroatoms. The van der Waals surface area contributed by atoms with Crippen molar-refractivity contribution in [2.45, 2.75) is 130 Å². The lowest BCUT2D eigenvalue weighted by Crippen LogP contribution is -2.65. The molecule has 0 radical (unpaired) electrons. The second kappa shape index (κ2) is 12.8. The number of nitro groups is 1. The molecule has 6 atom stereocenters. The molecule has 11 nitrogen and oxygen atoms in total. The van der Waals surface area contributed by atoms with Crippen molar-refractivity contribution in [3.05, 3.63) is 10.1 Å². The minimum absolute atomic E-state index is 0.0190. The van der Waals surface area contributed by atoms with Crippen LogP contribution in [0.4, 0.5) is 0 Å². The van der Waals surface area contributed by atoms with Gasteiger partial charge >= 0.3 is 7.12 Å². The summed E-state index contributed by atoms with van der Waals surface area (Å²) >= 11 is 0. The molecule has 42 heavy (non-hydrogen) atoms. The monoisotopic (exact) mass is 589 g/mol. The van der Waals surface area contributed by atoms with Crippen molar-refractivity contribution in [3.63, 3.8) is 0 Å². The van der Waals surface area contributed by atoms with Crippen LogP contribution in [0.2, 0.25) is 0 Å². The van der Waals surface area contributed by atoms with Crippen LogP contribution < -0.4 is 16.5 Å². The van der Waals surface area contributed by atoms with Gasteiger partial charge in [0.05, 0.1) is 17.6 Å². The molecule has 4 saturated carbocycles. The first kappa shape index (κ1) is 32.7. The molecule has 0 aromatic carbocycles. The van der Waals surface area contributed by atoms with Crippen molar-refractivity contribution in [1.82, 2.24) is 10.7 Å². The van der Waals surface area contributed by atoms with E-state index in [1.807, 2.05) is 12.3 Å². The van der Waals surface area contributed by atoms with E-state index in [0.717, 1.165) is 44.9 Å². The van der Waals surface area contributed by atoms with Gasteiger partial charge < -0.3 is 20.4 Å². The summed E-state index contributed by atoms with van der Waals surface area (Å²) in [6, 6.07) is 0. The summed E-state index contributed by atoms with van der Waals surface area (Å²) in [6.07, 6.45) is 8.80. The molecule has 5 fully saturated rings. The Bertz CT molecular complexity index is 1050. The second-order valence-corrected chi connectivity index (χ2v) is 14.8. The first-order chi connectivity index (χ1) is 19.7. The third-order valence-corrected chi connectivity index (χ3v) is 11.0. The number of aliphatic imine (C=N–C) groups is 1. The Morgan fingerprint density at radius 1 is 1.14 bits per heavy atom. The number of carbonyl (C=O) groups excluding carboxylic acids is 2. The summed E-state index contributed by atoms with van der Waals surface area (Å²) in [4.78, 5) is 42.1. The zero-order chi connectivity index (χ0) is 30.9. The Hall–Kier alpha value is -2.21. The number of nitrogens with one attached hydrogen (secondary N) is 2. The molecule has 4 aliphatic carbocycles. The predicted octanol–water partition coefficient (Wildman–Crippen LogP) is 4.21. The highest BCUT2D eigenvalue weighted by molar-refractivity contribution is 6.47. The van der Waals surface area contributed by atoms with E-state index in [0.29, 0.717) is 37.0 Å². The maximum Gasteiger partial charge on any atom is 0.481 e. The lowest BCUT2D eigenvalue weighted by atomic mass is 9.43. The van der Waals surface area contributed by atoms with E-state index in [4.69, 9.17) is 15.0 Å². The smallest absolute Gasteiger partial charge is 0.404 e. The van der Waals surface area contributed by atoms with Crippen molar-refractivity contribution in [2.75, 3.05) is 6.54 Å². The van der Waals surface area contributed by atoms with Crippen molar-refractivity contribution >= 4 is 24.8 Å². The molecule has 236 valence electrons. The number of nitrogens with zero attached hydrogens (tertiary/aromatic N) is 2. The molecular formula is C30H52BN5O6. The maximum atomic E-state index is 13.9. The quantitative estimate of drug-likeness (QED) is 0.0720. The number of rotatable bonds is 13. The number of amides is 1. The fourth-order valence-electron chi connectivity index (χ4n) is 8.19. The van der Waals surface area contributed by atoms with Crippen LogP contribution in [0.3, 0.4) is 0 Å². The Kier molecular flexibility index (Phi) is 9.97. The third kappa shape index (κ3) is 6.95. The van der Waals surface area contributed by atoms with Crippen molar-refractivity contribution in [3.8, 4) is 0 Å². The molecule has 2 bridgehead atoms. The highest BCUT2D eigenvalue weighted by Gasteiger charge is 2.68. The number of nitrogens with two attached hydrogens (primary N) is 1. The van der Waals surface area contributed by atoms with Crippen LogP contribution in [-0.4, -0.2) is 54.0 Å². The summed E-state index contributed by atoms with van der Waals surface area (Å²) in [5.74, 6) is 0.160. The normalized spacial score (nSPS) is 31.1. The van der Waals surface area contributed by atoms with Gasteiger partial charge in [0, 0.05) is 24.3 Å². The van der Waals surface area contributed by atoms with Gasteiger partial charge in [-0.25, -0.2) is 15.1 Å². The third-order valence-electron chi connectivity index (χ3n) is 11.0. The molecule has 4 N–H and O–H groups in total. The number of hydrogen-bond acceptors (Lipinski definition) is 7. The van der Waals surface area contributed by atoms with E-state index in [-0.39, 0.29) is 53.7 Å². The average molecular weight is 590 g/mol. The number of hydrazine groups is 1. The topological polar surface area (TPSA) is 158 Å². The van der Waals surface area contributed by atoms with Crippen LogP contribution in [0.1, 0.15) is 112 Å². The largest absolute Gasteiger partial charge is 0.481 e. The molecule has 1 aliphatic heterocycles.